The van der Waals surface area contributed by atoms with Gasteiger partial charge in [0.05, 0.1) is 45.9 Å². The van der Waals surface area contributed by atoms with Crippen molar-refractivity contribution in [1.29, 1.82) is 0 Å². The number of aliphatic carboxylic acids is 1. The molecule has 3 amide bonds. The van der Waals surface area contributed by atoms with Crippen LogP contribution >= 0.6 is 19.2 Å². The minimum Gasteiger partial charge on any atom is -0.480 e. The van der Waals surface area contributed by atoms with E-state index in [-0.39, 0.29) is 34.2 Å². The minimum atomic E-state index is -4.62. The van der Waals surface area contributed by atoms with Crippen molar-refractivity contribution in [2.24, 2.45) is 5.10 Å². The number of sulfonamides is 1. The Morgan fingerprint density at radius 1 is 0.984 bits per heavy atom. The lowest BCUT2D eigenvalue weighted by Gasteiger charge is -2.12. The van der Waals surface area contributed by atoms with Gasteiger partial charge in [-0.1, -0.05) is 11.6 Å². The molecule has 62 heavy (non-hydrogen) atoms. The van der Waals surface area contributed by atoms with E-state index in [0.717, 1.165) is 36.4 Å². The van der Waals surface area contributed by atoms with E-state index in [2.05, 4.69) is 26.1 Å². The van der Waals surface area contributed by atoms with E-state index in [1.54, 1.807) is 4.72 Å². The number of pyridine rings is 1. The van der Waals surface area contributed by atoms with Crippen LogP contribution in [0.4, 0.5) is 38.1 Å². The standard InChI is InChI=1S/C15H10ClF3N2O6S.C15H12F2N4O3.C3H8NO5P/c1-28(25,26)20-14(22)10-7-9(3-4-12(10)21(23)24)27-13-5-2-8(6-11(13)16)15(17,18)19;1-8(13-12(14(22)23)3-2-4-18-13)20-21-15(24)19-11-6-9(16)5-10(17)7-11;5-3(6)1-4-2-10(7,8)9/h2-7H,1H3,(H,20,22);2-7H,1H3,(H,22,23)(H2,19,21,24);4H,1-2H2,(H,5,6)(H2,7,8,9)/b;20-8+;. The Hall–Kier alpha value is -6.64. The predicted molar refractivity (Wildman–Crippen MR) is 206 cm³/mol. The number of halogens is 6. The number of rotatable bonds is 13. The van der Waals surface area contributed by atoms with Gasteiger partial charge in [0.25, 0.3) is 11.6 Å². The molecule has 0 saturated heterocycles. The molecule has 0 saturated carbocycles. The summed E-state index contributed by atoms with van der Waals surface area (Å²) in [5.41, 5.74) is -0.187. The number of hydrazone groups is 1. The summed E-state index contributed by atoms with van der Waals surface area (Å²) in [6, 6.07) is 9.57. The van der Waals surface area contributed by atoms with Crippen LogP contribution in [0.2, 0.25) is 5.02 Å². The molecule has 0 aliphatic carbocycles. The fourth-order valence-electron chi connectivity index (χ4n) is 4.18. The smallest absolute Gasteiger partial charge is 0.416 e. The first kappa shape index (κ1) is 51.5. The molecule has 334 valence electrons. The molecule has 4 rings (SSSR count). The summed E-state index contributed by atoms with van der Waals surface area (Å²) in [6.45, 7) is 1.02. The van der Waals surface area contributed by atoms with Gasteiger partial charge in [-0.25, -0.2) is 36.9 Å². The number of benzene rings is 3. The largest absolute Gasteiger partial charge is 0.480 e. The third-order valence-corrected chi connectivity index (χ3v) is 8.08. The molecule has 0 aliphatic heterocycles. The highest BCUT2D eigenvalue weighted by atomic mass is 35.5. The van der Waals surface area contributed by atoms with Crippen LogP contribution in [0.1, 0.15) is 38.9 Å². The molecule has 1 heterocycles. The van der Waals surface area contributed by atoms with Gasteiger partial charge in [0.15, 0.2) is 0 Å². The zero-order chi connectivity index (χ0) is 47.2. The topological polar surface area (TPSA) is 326 Å². The van der Waals surface area contributed by atoms with Crippen molar-refractivity contribution in [3.63, 3.8) is 0 Å². The van der Waals surface area contributed by atoms with Crippen LogP contribution in [0, 0.1) is 21.7 Å². The first-order chi connectivity index (χ1) is 28.6. The number of aromatic carboxylic acids is 1. The summed E-state index contributed by atoms with van der Waals surface area (Å²) in [5.74, 6) is -5.70. The molecule has 0 atom stereocenters. The fourth-order valence-corrected chi connectivity index (χ4v) is 5.25. The molecule has 8 N–H and O–H groups in total. The lowest BCUT2D eigenvalue weighted by molar-refractivity contribution is -0.385. The minimum absolute atomic E-state index is 0.0758. The molecule has 0 unspecified atom stereocenters. The van der Waals surface area contributed by atoms with Crippen LogP contribution in [0.25, 0.3) is 0 Å². The number of nitrogens with zero attached hydrogens (tertiary/aromatic N) is 3. The van der Waals surface area contributed by atoms with Gasteiger partial charge in [-0.05, 0) is 55.5 Å². The van der Waals surface area contributed by atoms with Crippen molar-refractivity contribution in [2.75, 3.05) is 24.4 Å². The highest BCUT2D eigenvalue weighted by molar-refractivity contribution is 7.89. The second kappa shape index (κ2) is 22.3. The summed E-state index contributed by atoms with van der Waals surface area (Å²) >= 11 is 5.76. The van der Waals surface area contributed by atoms with E-state index >= 15 is 0 Å². The highest BCUT2D eigenvalue weighted by Crippen LogP contribution is 2.37. The van der Waals surface area contributed by atoms with Crippen molar-refractivity contribution in [1.82, 2.24) is 20.4 Å². The van der Waals surface area contributed by atoms with E-state index in [1.165, 1.54) is 25.3 Å². The Morgan fingerprint density at radius 2 is 1.61 bits per heavy atom. The molecule has 0 fully saturated rings. The SMILES string of the molecule is C/C(=N\NC(=O)Nc1cc(F)cc(F)c1)c1ncccc1C(=O)O.CS(=O)(=O)NC(=O)c1cc(Oc2ccc(C(F)(F)F)cc2Cl)ccc1[N+](=O)[O-].O=C(O)CNCP(=O)(O)O. The predicted octanol–water partition coefficient (Wildman–Crippen LogP) is 5.15. The van der Waals surface area contributed by atoms with E-state index in [4.69, 9.17) is 36.3 Å². The van der Waals surface area contributed by atoms with Gasteiger partial charge in [0.1, 0.15) is 34.4 Å². The molecule has 0 bridgehead atoms. The van der Waals surface area contributed by atoms with Crippen LogP contribution in [0.15, 0.2) is 78.0 Å². The van der Waals surface area contributed by atoms with Crippen LogP contribution in [-0.4, -0.2) is 87.0 Å². The number of anilines is 1. The van der Waals surface area contributed by atoms with Gasteiger partial charge in [-0.2, -0.15) is 18.3 Å². The maximum Gasteiger partial charge on any atom is 0.416 e. The number of carbonyl (C=O) groups excluding carboxylic acids is 2. The Morgan fingerprint density at radius 3 is 2.13 bits per heavy atom. The number of nitro groups is 1. The number of nitro benzene ring substituents is 1. The summed E-state index contributed by atoms with van der Waals surface area (Å²) in [7, 11) is -8.10. The molecular formula is C33H30ClF5N7O14PS. The zero-order valence-electron chi connectivity index (χ0n) is 31.2. The number of alkyl halides is 3. The number of aromatic nitrogens is 1. The van der Waals surface area contributed by atoms with Crippen molar-refractivity contribution >= 4 is 70.2 Å². The number of urea groups is 1. The number of carbonyl (C=O) groups is 4. The van der Waals surface area contributed by atoms with Crippen LogP contribution in [-0.2, 0) is 25.6 Å². The molecular weight excluding hydrogens is 912 g/mol. The lowest BCUT2D eigenvalue weighted by Crippen LogP contribution is -2.29. The van der Waals surface area contributed by atoms with E-state index in [9.17, 15) is 64.2 Å². The highest BCUT2D eigenvalue weighted by Gasteiger charge is 2.31. The number of nitrogens with one attached hydrogen (secondary N) is 4. The third kappa shape index (κ3) is 18.3. The second-order valence-corrected chi connectivity index (χ2v) is 15.5. The van der Waals surface area contributed by atoms with Crippen LogP contribution in [0.3, 0.4) is 0 Å². The van der Waals surface area contributed by atoms with Crippen molar-refractivity contribution in [3.8, 4) is 11.5 Å². The van der Waals surface area contributed by atoms with E-state index in [1.807, 2.05) is 0 Å². The Kier molecular flexibility index (Phi) is 18.5. The second-order valence-electron chi connectivity index (χ2n) is 11.7. The van der Waals surface area contributed by atoms with Crippen molar-refractivity contribution in [3.05, 3.63) is 122 Å². The number of ether oxygens (including phenoxy) is 1. The number of carboxylic acid groups (broad SMARTS) is 2. The third-order valence-electron chi connectivity index (χ3n) is 6.59. The average molecular weight is 942 g/mol. The summed E-state index contributed by atoms with van der Waals surface area (Å²) in [5, 5.41) is 35.7. The number of carboxylic acids is 2. The number of hydrogen-bond acceptors (Lipinski definition) is 13. The lowest BCUT2D eigenvalue weighted by atomic mass is 10.1. The van der Waals surface area contributed by atoms with Gasteiger partial charge >= 0.3 is 31.7 Å². The van der Waals surface area contributed by atoms with Crippen LogP contribution in [0.5, 0.6) is 11.5 Å². The maximum atomic E-state index is 13.0. The van der Waals surface area contributed by atoms with Gasteiger partial charge in [0.2, 0.25) is 10.0 Å². The monoisotopic (exact) mass is 941 g/mol. The molecule has 0 spiro atoms. The van der Waals surface area contributed by atoms with Crippen molar-refractivity contribution < 1.29 is 83.8 Å². The van der Waals surface area contributed by atoms with Gasteiger partial charge < -0.3 is 30.1 Å². The molecule has 4 aromatic rings. The van der Waals surface area contributed by atoms with E-state index in [0.29, 0.717) is 24.5 Å². The molecule has 1 aromatic heterocycles. The first-order valence-electron chi connectivity index (χ1n) is 16.1. The van der Waals surface area contributed by atoms with E-state index < -0.39 is 98.9 Å². The summed E-state index contributed by atoms with van der Waals surface area (Å²) in [4.78, 5) is 75.0. The molecule has 29 heteroatoms. The van der Waals surface area contributed by atoms with Gasteiger partial charge in [0, 0.05) is 30.1 Å². The van der Waals surface area contributed by atoms with Gasteiger partial charge in [-0.3, -0.25) is 34.6 Å². The van der Waals surface area contributed by atoms with Gasteiger partial charge in [-0.15, -0.1) is 0 Å². The molecule has 21 nitrogen and oxygen atoms in total. The first-order valence-corrected chi connectivity index (χ1v) is 20.2. The normalized spacial score (nSPS) is 11.4. The zero-order valence-corrected chi connectivity index (χ0v) is 33.6. The molecule has 0 radical (unpaired) electrons. The number of hydrogen-bond donors (Lipinski definition) is 8. The Bertz CT molecular complexity index is 2510. The Balaban J connectivity index is 0.000000354. The summed E-state index contributed by atoms with van der Waals surface area (Å²) < 4.78 is 103. The maximum absolute atomic E-state index is 13.0. The number of amides is 3. The molecule has 0 aliphatic rings. The summed E-state index contributed by atoms with van der Waals surface area (Å²) in [6.07, 6.45) is -3.15. The van der Waals surface area contributed by atoms with Crippen LogP contribution < -0.4 is 25.5 Å². The van der Waals surface area contributed by atoms with Crippen molar-refractivity contribution in [2.45, 2.75) is 13.1 Å². The quantitative estimate of drug-likeness (QED) is 0.0282. The Labute approximate surface area is 349 Å². The molecule has 3 aromatic carbocycles. The average Bonchev–Trinajstić information content (AvgIpc) is 3.13. The fraction of sp³-hybridized carbons (Fsp3) is 0.152.